The number of pyridine rings is 1. The van der Waals surface area contributed by atoms with Crippen molar-refractivity contribution in [2.24, 2.45) is 4.99 Å². The minimum atomic E-state index is -0.217. The third-order valence-electron chi connectivity index (χ3n) is 5.55. The Kier molecular flexibility index (Phi) is 6.21. The van der Waals surface area contributed by atoms with Crippen molar-refractivity contribution in [2.45, 2.75) is 46.6 Å². The summed E-state index contributed by atoms with van der Waals surface area (Å²) in [5.74, 6) is 1.30. The summed E-state index contributed by atoms with van der Waals surface area (Å²) in [6.45, 7) is 7.54. The Labute approximate surface area is 183 Å². The molecule has 0 N–H and O–H groups in total. The molecule has 3 aromatic rings. The molecule has 0 spiro atoms. The number of benzene rings is 2. The van der Waals surface area contributed by atoms with Crippen LogP contribution < -0.4 is 19.3 Å². The zero-order valence-electron chi connectivity index (χ0n) is 18.5. The molecule has 2 aromatic carbocycles. The van der Waals surface area contributed by atoms with Gasteiger partial charge in [0.15, 0.2) is 5.75 Å². The van der Waals surface area contributed by atoms with E-state index in [1.807, 2.05) is 18.2 Å². The lowest BCUT2D eigenvalue weighted by Crippen LogP contribution is -2.38. The van der Waals surface area contributed by atoms with Crippen molar-refractivity contribution < 1.29 is 14.4 Å². The van der Waals surface area contributed by atoms with Crippen LogP contribution in [0.1, 0.15) is 45.7 Å². The summed E-state index contributed by atoms with van der Waals surface area (Å²) in [6, 6.07) is 18.5. The van der Waals surface area contributed by atoms with Gasteiger partial charge in [0.2, 0.25) is 17.1 Å². The molecule has 5 heteroatoms. The fourth-order valence-electron chi connectivity index (χ4n) is 4.08. The largest absolute Gasteiger partial charge is 0.862 e. The Bertz CT molecular complexity index is 1150. The van der Waals surface area contributed by atoms with Gasteiger partial charge in [0.1, 0.15) is 6.54 Å². The van der Waals surface area contributed by atoms with E-state index in [0.29, 0.717) is 5.69 Å². The van der Waals surface area contributed by atoms with Gasteiger partial charge < -0.3 is 14.7 Å². The highest BCUT2D eigenvalue weighted by Gasteiger charge is 2.27. The van der Waals surface area contributed by atoms with Crippen LogP contribution in [-0.4, -0.2) is 12.4 Å². The van der Waals surface area contributed by atoms with Crippen LogP contribution in [0.25, 0.3) is 17.0 Å². The normalized spacial score (nSPS) is 14.9. The summed E-state index contributed by atoms with van der Waals surface area (Å²) in [5.41, 5.74) is 3.96. The van der Waals surface area contributed by atoms with Crippen molar-refractivity contribution in [3.05, 3.63) is 66.2 Å². The summed E-state index contributed by atoms with van der Waals surface area (Å²) in [5, 5.41) is 12.6. The molecule has 0 fully saturated rings. The highest BCUT2D eigenvalue weighted by Crippen LogP contribution is 2.41. The minimum absolute atomic E-state index is 0.217. The van der Waals surface area contributed by atoms with Gasteiger partial charge in [0.05, 0.1) is 17.5 Å². The predicted octanol–water partition coefficient (Wildman–Crippen LogP) is 4.95. The number of anilines is 1. The van der Waals surface area contributed by atoms with Crippen molar-refractivity contribution in [2.75, 3.05) is 11.4 Å². The second-order valence-corrected chi connectivity index (χ2v) is 7.79. The molecule has 0 bridgehead atoms. The van der Waals surface area contributed by atoms with Gasteiger partial charge >= 0.3 is 0 Å². The number of hydrogen-bond acceptors (Lipinski definition) is 4. The third kappa shape index (κ3) is 4.41. The SMILES string of the molecule is CCCCC[n+]1c(/C=C2\Oc3cc(N=C(C)[O-])ccc3N2CC)ccc2ccccc21. The molecule has 5 nitrogen and oxygen atoms in total. The molecule has 1 aliphatic heterocycles. The van der Waals surface area contributed by atoms with Crippen LogP contribution in [0.2, 0.25) is 0 Å². The maximum atomic E-state index is 11.4. The van der Waals surface area contributed by atoms with Crippen molar-refractivity contribution in [3.63, 3.8) is 0 Å². The van der Waals surface area contributed by atoms with E-state index in [9.17, 15) is 5.11 Å². The average molecular weight is 416 g/mol. The Morgan fingerprint density at radius 3 is 2.71 bits per heavy atom. The number of hydrogen-bond donors (Lipinski definition) is 0. The molecular formula is C26H29N3O2. The first kappa shape index (κ1) is 20.9. The van der Waals surface area contributed by atoms with Crippen LogP contribution in [0.3, 0.4) is 0 Å². The fourth-order valence-corrected chi connectivity index (χ4v) is 4.08. The number of aliphatic imine (C=N–C) groups is 1. The molecule has 0 unspecified atom stereocenters. The summed E-state index contributed by atoms with van der Waals surface area (Å²) < 4.78 is 8.62. The molecule has 1 aromatic heterocycles. The van der Waals surface area contributed by atoms with Gasteiger partial charge in [-0.3, -0.25) is 4.99 Å². The number of nitrogens with zero attached hydrogens (tertiary/aromatic N) is 3. The van der Waals surface area contributed by atoms with Crippen LogP contribution in [0, 0.1) is 0 Å². The zero-order chi connectivity index (χ0) is 21.8. The topological polar surface area (TPSA) is 51.8 Å². The monoisotopic (exact) mass is 415 g/mol. The Hall–Kier alpha value is -3.34. The molecular weight excluding hydrogens is 386 g/mol. The van der Waals surface area contributed by atoms with Crippen LogP contribution >= 0.6 is 0 Å². The van der Waals surface area contributed by atoms with Gasteiger partial charge in [0, 0.05) is 36.6 Å². The van der Waals surface area contributed by atoms with E-state index in [-0.39, 0.29) is 5.90 Å². The number of ether oxygens (including phenoxy) is 1. The van der Waals surface area contributed by atoms with E-state index in [2.05, 4.69) is 70.8 Å². The van der Waals surface area contributed by atoms with E-state index < -0.39 is 0 Å². The number of unbranched alkanes of at least 4 members (excludes halogenated alkanes) is 2. The molecule has 2 heterocycles. The molecule has 31 heavy (non-hydrogen) atoms. The molecule has 0 atom stereocenters. The highest BCUT2D eigenvalue weighted by molar-refractivity contribution is 5.78. The second-order valence-electron chi connectivity index (χ2n) is 7.79. The smallest absolute Gasteiger partial charge is 0.212 e. The minimum Gasteiger partial charge on any atom is -0.862 e. The first-order chi connectivity index (χ1) is 15.1. The van der Waals surface area contributed by atoms with Crippen LogP contribution in [0.15, 0.2) is 65.5 Å². The maximum Gasteiger partial charge on any atom is 0.212 e. The number of fused-ring (bicyclic) bond motifs is 2. The lowest BCUT2D eigenvalue weighted by molar-refractivity contribution is -0.673. The van der Waals surface area contributed by atoms with Crippen molar-refractivity contribution in [1.29, 1.82) is 0 Å². The van der Waals surface area contributed by atoms with Crippen LogP contribution in [0.4, 0.5) is 11.4 Å². The van der Waals surface area contributed by atoms with Crippen LogP contribution in [-0.2, 0) is 6.54 Å². The molecule has 4 rings (SSSR count). The first-order valence-electron chi connectivity index (χ1n) is 11.1. The maximum absolute atomic E-state index is 11.4. The first-order valence-corrected chi connectivity index (χ1v) is 11.1. The van der Waals surface area contributed by atoms with E-state index in [0.717, 1.165) is 42.5 Å². The molecule has 1 aliphatic rings. The van der Waals surface area contributed by atoms with Crippen molar-refractivity contribution in [1.82, 2.24) is 0 Å². The Balaban J connectivity index is 1.75. The van der Waals surface area contributed by atoms with Crippen molar-refractivity contribution >= 4 is 34.3 Å². The molecule has 0 saturated heterocycles. The van der Waals surface area contributed by atoms with E-state index in [1.165, 1.54) is 30.7 Å². The van der Waals surface area contributed by atoms with E-state index in [4.69, 9.17) is 4.74 Å². The van der Waals surface area contributed by atoms with Gasteiger partial charge in [-0.2, -0.15) is 4.57 Å². The highest BCUT2D eigenvalue weighted by atomic mass is 16.5. The number of aryl methyl sites for hydroxylation is 1. The van der Waals surface area contributed by atoms with Gasteiger partial charge in [-0.1, -0.05) is 25.5 Å². The quantitative estimate of drug-likeness (QED) is 0.238. The number of aromatic nitrogens is 1. The summed E-state index contributed by atoms with van der Waals surface area (Å²) in [7, 11) is 0. The molecule has 0 radical (unpaired) electrons. The van der Waals surface area contributed by atoms with E-state index in [1.54, 1.807) is 0 Å². The molecule has 160 valence electrons. The standard InChI is InChI=1S/C26H29N3O2/c1-4-6-9-16-29-22(14-12-20-10-7-8-11-23(20)29)18-26-28(5-2)24-15-13-21(27-19(3)30)17-25(24)31-26/h7-8,10-15,17-18H,4-6,9,16H2,1-3H3. The predicted molar refractivity (Wildman–Crippen MR) is 125 cm³/mol. The Morgan fingerprint density at radius 1 is 1.10 bits per heavy atom. The number of para-hydroxylation sites is 1. The Morgan fingerprint density at radius 2 is 1.94 bits per heavy atom. The van der Waals surface area contributed by atoms with E-state index >= 15 is 0 Å². The fraction of sp³-hybridized carbons (Fsp3) is 0.308. The van der Waals surface area contributed by atoms with Crippen molar-refractivity contribution in [3.8, 4) is 5.75 Å². The number of rotatable bonds is 7. The van der Waals surface area contributed by atoms with Gasteiger partial charge in [-0.05, 0) is 50.4 Å². The summed E-state index contributed by atoms with van der Waals surface area (Å²) >= 11 is 0. The lowest BCUT2D eigenvalue weighted by atomic mass is 10.1. The third-order valence-corrected chi connectivity index (χ3v) is 5.55. The summed E-state index contributed by atoms with van der Waals surface area (Å²) in [6.07, 6.45) is 5.65. The summed E-state index contributed by atoms with van der Waals surface area (Å²) in [4.78, 5) is 6.18. The second kappa shape index (κ2) is 9.21. The molecule has 0 aliphatic carbocycles. The zero-order valence-corrected chi connectivity index (χ0v) is 18.5. The van der Waals surface area contributed by atoms with Gasteiger partial charge in [0.25, 0.3) is 0 Å². The molecule has 0 saturated carbocycles. The van der Waals surface area contributed by atoms with Gasteiger partial charge in [-0.15, -0.1) is 0 Å². The lowest BCUT2D eigenvalue weighted by Gasteiger charge is -2.15. The van der Waals surface area contributed by atoms with Gasteiger partial charge in [-0.25, -0.2) is 0 Å². The molecule has 0 amide bonds. The average Bonchev–Trinajstić information content (AvgIpc) is 3.10. The van der Waals surface area contributed by atoms with Crippen LogP contribution in [0.5, 0.6) is 5.75 Å².